The van der Waals surface area contributed by atoms with Gasteiger partial charge in [-0.3, -0.25) is 4.79 Å². The van der Waals surface area contributed by atoms with Gasteiger partial charge in [-0.25, -0.2) is 17.1 Å². The van der Waals surface area contributed by atoms with Crippen LogP contribution in [0.1, 0.15) is 10.4 Å². The number of rotatable bonds is 5. The molecule has 2 aromatic rings. The fourth-order valence-corrected chi connectivity index (χ4v) is 3.29. The smallest absolute Gasteiger partial charge is 0.255 e. The standard InChI is InChI=1S/C16H16ClFN2O4S/c1-20(2)25(22,23)15-8-10(4-7-14(15)24-3)16(21)19-13-6-5-11(18)9-12(13)17/h4-9H,1-3H3,(H,19,21). The lowest BCUT2D eigenvalue weighted by molar-refractivity contribution is 0.102. The van der Waals surface area contributed by atoms with Gasteiger partial charge in [0, 0.05) is 19.7 Å². The largest absolute Gasteiger partial charge is 0.495 e. The molecule has 0 bridgehead atoms. The van der Waals surface area contributed by atoms with E-state index in [9.17, 15) is 17.6 Å². The molecule has 0 saturated heterocycles. The average molecular weight is 387 g/mol. The van der Waals surface area contributed by atoms with Crippen LogP contribution in [0.15, 0.2) is 41.3 Å². The highest BCUT2D eigenvalue weighted by atomic mass is 35.5. The zero-order valence-corrected chi connectivity index (χ0v) is 15.3. The number of benzene rings is 2. The molecule has 0 aliphatic carbocycles. The zero-order valence-electron chi connectivity index (χ0n) is 13.7. The van der Waals surface area contributed by atoms with E-state index >= 15 is 0 Å². The molecule has 6 nitrogen and oxygen atoms in total. The van der Waals surface area contributed by atoms with E-state index in [1.54, 1.807) is 0 Å². The van der Waals surface area contributed by atoms with E-state index in [4.69, 9.17) is 16.3 Å². The quantitative estimate of drug-likeness (QED) is 0.857. The van der Waals surface area contributed by atoms with Crippen LogP contribution in [-0.4, -0.2) is 39.8 Å². The normalized spacial score (nSPS) is 11.4. The van der Waals surface area contributed by atoms with Gasteiger partial charge in [0.1, 0.15) is 16.5 Å². The van der Waals surface area contributed by atoms with Gasteiger partial charge in [-0.15, -0.1) is 0 Å². The summed E-state index contributed by atoms with van der Waals surface area (Å²) in [6.07, 6.45) is 0. The molecule has 134 valence electrons. The summed E-state index contributed by atoms with van der Waals surface area (Å²) in [6.45, 7) is 0. The van der Waals surface area contributed by atoms with Crippen molar-refractivity contribution in [1.82, 2.24) is 4.31 Å². The molecule has 2 rings (SSSR count). The first kappa shape index (κ1) is 19.2. The predicted octanol–water partition coefficient (Wildman–Crippen LogP) is 2.99. The summed E-state index contributed by atoms with van der Waals surface area (Å²) in [6, 6.07) is 7.54. The summed E-state index contributed by atoms with van der Waals surface area (Å²) in [4.78, 5) is 12.2. The number of nitrogens with zero attached hydrogens (tertiary/aromatic N) is 1. The summed E-state index contributed by atoms with van der Waals surface area (Å²) in [7, 11) is 0.275. The van der Waals surface area contributed by atoms with Crippen LogP contribution in [0.25, 0.3) is 0 Å². The van der Waals surface area contributed by atoms with E-state index in [0.717, 1.165) is 16.4 Å². The van der Waals surface area contributed by atoms with Gasteiger partial charge < -0.3 is 10.1 Å². The number of nitrogens with one attached hydrogen (secondary N) is 1. The highest BCUT2D eigenvalue weighted by molar-refractivity contribution is 7.89. The van der Waals surface area contributed by atoms with E-state index in [1.807, 2.05) is 0 Å². The molecule has 1 N–H and O–H groups in total. The molecule has 0 aliphatic heterocycles. The highest BCUT2D eigenvalue weighted by Gasteiger charge is 2.24. The van der Waals surface area contributed by atoms with E-state index in [2.05, 4.69) is 5.32 Å². The van der Waals surface area contributed by atoms with Crippen LogP contribution < -0.4 is 10.1 Å². The Morgan fingerprint density at radius 3 is 2.44 bits per heavy atom. The molecule has 0 atom stereocenters. The van der Waals surface area contributed by atoms with Crippen molar-refractivity contribution in [3.8, 4) is 5.75 Å². The van der Waals surface area contributed by atoms with Crippen LogP contribution in [0.5, 0.6) is 5.75 Å². The van der Waals surface area contributed by atoms with Crippen molar-refractivity contribution in [3.63, 3.8) is 0 Å². The Morgan fingerprint density at radius 2 is 1.88 bits per heavy atom. The molecule has 0 saturated carbocycles. The lowest BCUT2D eigenvalue weighted by Gasteiger charge is -2.15. The number of halogens is 2. The van der Waals surface area contributed by atoms with Crippen LogP contribution >= 0.6 is 11.6 Å². The lowest BCUT2D eigenvalue weighted by Crippen LogP contribution is -2.23. The average Bonchev–Trinajstić information content (AvgIpc) is 2.56. The van der Waals surface area contributed by atoms with Gasteiger partial charge in [-0.05, 0) is 36.4 Å². The van der Waals surface area contributed by atoms with Gasteiger partial charge in [0.2, 0.25) is 10.0 Å². The monoisotopic (exact) mass is 386 g/mol. The fraction of sp³-hybridized carbons (Fsp3) is 0.188. The first-order valence-corrected chi connectivity index (χ1v) is 8.85. The van der Waals surface area contributed by atoms with Crippen LogP contribution in [0, 0.1) is 5.82 Å². The number of hydrogen-bond donors (Lipinski definition) is 1. The Hall–Kier alpha value is -2.16. The number of anilines is 1. The van der Waals surface area contributed by atoms with Crippen LogP contribution in [0.4, 0.5) is 10.1 Å². The van der Waals surface area contributed by atoms with E-state index in [-0.39, 0.29) is 26.9 Å². The van der Waals surface area contributed by atoms with Crippen molar-refractivity contribution >= 4 is 33.2 Å². The number of ether oxygens (including phenoxy) is 1. The molecule has 0 unspecified atom stereocenters. The first-order chi connectivity index (χ1) is 11.7. The highest BCUT2D eigenvalue weighted by Crippen LogP contribution is 2.28. The Kier molecular flexibility index (Phi) is 5.66. The van der Waals surface area contributed by atoms with Crippen molar-refractivity contribution in [2.75, 3.05) is 26.5 Å². The van der Waals surface area contributed by atoms with Crippen molar-refractivity contribution in [2.24, 2.45) is 0 Å². The number of carbonyl (C=O) groups excluding carboxylic acids is 1. The van der Waals surface area contributed by atoms with Gasteiger partial charge in [-0.1, -0.05) is 11.6 Å². The Bertz CT molecular complexity index is 916. The van der Waals surface area contributed by atoms with Crippen molar-refractivity contribution in [1.29, 1.82) is 0 Å². The van der Waals surface area contributed by atoms with E-state index in [0.29, 0.717) is 0 Å². The molecule has 2 aromatic carbocycles. The van der Waals surface area contributed by atoms with Gasteiger partial charge >= 0.3 is 0 Å². The molecule has 25 heavy (non-hydrogen) atoms. The number of carbonyl (C=O) groups is 1. The van der Waals surface area contributed by atoms with Crippen LogP contribution in [-0.2, 0) is 10.0 Å². The van der Waals surface area contributed by atoms with Crippen molar-refractivity contribution < 1.29 is 22.3 Å². The second-order valence-corrected chi connectivity index (χ2v) is 7.76. The van der Waals surface area contributed by atoms with Gasteiger partial charge in [-0.2, -0.15) is 0 Å². The summed E-state index contributed by atoms with van der Waals surface area (Å²) in [5.41, 5.74) is 0.294. The molecular formula is C16H16ClFN2O4S. The molecule has 0 aromatic heterocycles. The van der Waals surface area contributed by atoms with Crippen molar-refractivity contribution in [2.45, 2.75) is 4.90 Å². The SMILES string of the molecule is COc1ccc(C(=O)Nc2ccc(F)cc2Cl)cc1S(=O)(=O)N(C)C. The zero-order chi connectivity index (χ0) is 18.8. The maximum absolute atomic E-state index is 13.1. The Balaban J connectivity index is 2.41. The first-order valence-electron chi connectivity index (χ1n) is 7.03. The fourth-order valence-electron chi connectivity index (χ4n) is 2.00. The molecule has 0 spiro atoms. The Morgan fingerprint density at radius 1 is 1.20 bits per heavy atom. The number of sulfonamides is 1. The van der Waals surface area contributed by atoms with Gasteiger partial charge in [0.05, 0.1) is 17.8 Å². The minimum atomic E-state index is -3.81. The molecule has 0 fully saturated rings. The van der Waals surface area contributed by atoms with Crippen molar-refractivity contribution in [3.05, 3.63) is 52.8 Å². The summed E-state index contributed by atoms with van der Waals surface area (Å²) in [5.74, 6) is -1.01. The predicted molar refractivity (Wildman–Crippen MR) is 93.2 cm³/mol. The van der Waals surface area contributed by atoms with E-state index < -0.39 is 21.7 Å². The molecule has 1 amide bonds. The summed E-state index contributed by atoms with van der Waals surface area (Å²) in [5, 5.41) is 2.54. The second-order valence-electron chi connectivity index (χ2n) is 5.23. The summed E-state index contributed by atoms with van der Waals surface area (Å²) < 4.78 is 43.9. The molecule has 0 heterocycles. The third-order valence-corrected chi connectivity index (χ3v) is 5.51. The molecular weight excluding hydrogens is 371 g/mol. The van der Waals surface area contributed by atoms with E-state index in [1.165, 1.54) is 45.5 Å². The molecule has 0 radical (unpaired) electrons. The number of methoxy groups -OCH3 is 1. The van der Waals surface area contributed by atoms with Gasteiger partial charge in [0.15, 0.2) is 0 Å². The topological polar surface area (TPSA) is 75.7 Å². The third-order valence-electron chi connectivity index (χ3n) is 3.36. The van der Waals surface area contributed by atoms with Gasteiger partial charge in [0.25, 0.3) is 5.91 Å². The minimum absolute atomic E-state index is 0.0306. The summed E-state index contributed by atoms with van der Waals surface area (Å²) >= 11 is 5.88. The van der Waals surface area contributed by atoms with Crippen LogP contribution in [0.3, 0.4) is 0 Å². The molecule has 9 heteroatoms. The van der Waals surface area contributed by atoms with Crippen LogP contribution in [0.2, 0.25) is 5.02 Å². The maximum Gasteiger partial charge on any atom is 0.255 e. The maximum atomic E-state index is 13.1. The number of hydrogen-bond acceptors (Lipinski definition) is 4. The molecule has 0 aliphatic rings. The second kappa shape index (κ2) is 7.38. The minimum Gasteiger partial charge on any atom is -0.495 e. The Labute approximate surface area is 150 Å². The lowest BCUT2D eigenvalue weighted by atomic mass is 10.2. The number of amides is 1. The third kappa shape index (κ3) is 4.09.